The van der Waals surface area contributed by atoms with Crippen LogP contribution in [0.5, 0.6) is 11.5 Å². The lowest BCUT2D eigenvalue weighted by Crippen LogP contribution is -2.17. The number of carbonyl (C=O) groups excluding carboxylic acids is 1. The molecule has 1 aliphatic rings. The molecule has 0 radical (unpaired) electrons. The molecule has 6 nitrogen and oxygen atoms in total. The first-order chi connectivity index (χ1) is 10.6. The van der Waals surface area contributed by atoms with E-state index in [0.717, 1.165) is 12.8 Å². The second-order valence-electron chi connectivity index (χ2n) is 5.34. The fraction of sp³-hybridized carbons (Fsp3) is 0.500. The van der Waals surface area contributed by atoms with Gasteiger partial charge in [-0.25, -0.2) is 0 Å². The van der Waals surface area contributed by atoms with Crippen LogP contribution >= 0.6 is 0 Å². The average molecular weight is 307 g/mol. The van der Waals surface area contributed by atoms with Gasteiger partial charge in [0, 0.05) is 6.07 Å². The number of carboxylic acids is 1. The molecule has 1 aromatic carbocycles. The van der Waals surface area contributed by atoms with Gasteiger partial charge in [0.1, 0.15) is 11.5 Å². The molecule has 0 aromatic heterocycles. The van der Waals surface area contributed by atoms with Gasteiger partial charge in [0.05, 0.1) is 31.2 Å². The largest absolute Gasteiger partial charge is 0.497 e. The molecule has 1 aromatic rings. The van der Waals surface area contributed by atoms with Gasteiger partial charge < -0.3 is 19.9 Å². The summed E-state index contributed by atoms with van der Waals surface area (Å²) in [5.74, 6) is -1.09. The van der Waals surface area contributed by atoms with Crippen LogP contribution in [0.4, 0.5) is 5.69 Å². The number of hydrogen-bond donors (Lipinski definition) is 2. The van der Waals surface area contributed by atoms with Gasteiger partial charge in [-0.3, -0.25) is 9.59 Å². The number of anilines is 1. The fourth-order valence-corrected chi connectivity index (χ4v) is 2.17. The number of rotatable bonds is 8. The van der Waals surface area contributed by atoms with Gasteiger partial charge in [-0.1, -0.05) is 13.3 Å². The highest BCUT2D eigenvalue weighted by Crippen LogP contribution is 2.40. The molecule has 2 atom stereocenters. The van der Waals surface area contributed by atoms with Crippen LogP contribution in [0.3, 0.4) is 0 Å². The molecule has 1 amide bonds. The Labute approximate surface area is 129 Å². The number of nitrogens with one attached hydrogen (secondary N) is 1. The van der Waals surface area contributed by atoms with E-state index in [9.17, 15) is 9.59 Å². The van der Waals surface area contributed by atoms with Crippen molar-refractivity contribution in [3.8, 4) is 11.5 Å². The Morgan fingerprint density at radius 2 is 2.14 bits per heavy atom. The SMILES string of the molecule is CCCCOc1ccc(OC)cc1NC(=O)C1CC1C(=O)O. The first-order valence-electron chi connectivity index (χ1n) is 7.41. The standard InChI is InChI=1S/C16H21NO5/c1-3-4-7-22-14-6-5-10(21-2)8-13(14)17-15(18)11-9-12(11)16(19)20/h5-6,8,11-12H,3-4,7,9H2,1-2H3,(H,17,18)(H,19,20). The molecule has 2 N–H and O–H groups in total. The van der Waals surface area contributed by atoms with Crippen LogP contribution in [-0.4, -0.2) is 30.7 Å². The number of benzene rings is 1. The summed E-state index contributed by atoms with van der Waals surface area (Å²) in [6, 6.07) is 5.18. The van der Waals surface area contributed by atoms with E-state index in [1.807, 2.05) is 0 Å². The summed E-state index contributed by atoms with van der Waals surface area (Å²) in [6.07, 6.45) is 2.32. The van der Waals surface area contributed by atoms with Crippen LogP contribution in [-0.2, 0) is 9.59 Å². The molecule has 1 aliphatic carbocycles. The number of amides is 1. The third kappa shape index (κ3) is 3.90. The summed E-state index contributed by atoms with van der Waals surface area (Å²) >= 11 is 0. The van der Waals surface area contributed by atoms with Crippen molar-refractivity contribution in [3.05, 3.63) is 18.2 Å². The molecule has 0 heterocycles. The van der Waals surface area contributed by atoms with Crippen LogP contribution in [0.2, 0.25) is 0 Å². The Morgan fingerprint density at radius 3 is 2.73 bits per heavy atom. The summed E-state index contributed by atoms with van der Waals surface area (Å²) in [7, 11) is 1.54. The number of hydrogen-bond acceptors (Lipinski definition) is 4. The number of carbonyl (C=O) groups is 2. The van der Waals surface area contributed by atoms with Crippen LogP contribution in [0.15, 0.2) is 18.2 Å². The van der Waals surface area contributed by atoms with E-state index in [0.29, 0.717) is 30.2 Å². The zero-order valence-electron chi connectivity index (χ0n) is 12.8. The third-order valence-electron chi connectivity index (χ3n) is 3.64. The van der Waals surface area contributed by atoms with E-state index in [1.165, 1.54) is 0 Å². The zero-order valence-corrected chi connectivity index (χ0v) is 12.8. The second-order valence-corrected chi connectivity index (χ2v) is 5.34. The maximum absolute atomic E-state index is 12.1. The zero-order chi connectivity index (χ0) is 16.1. The van der Waals surface area contributed by atoms with E-state index >= 15 is 0 Å². The van der Waals surface area contributed by atoms with Gasteiger partial charge in [-0.15, -0.1) is 0 Å². The van der Waals surface area contributed by atoms with Crippen LogP contribution < -0.4 is 14.8 Å². The van der Waals surface area contributed by atoms with Crippen molar-refractivity contribution in [2.75, 3.05) is 19.0 Å². The Kier molecular flexibility index (Phi) is 5.25. The Hall–Kier alpha value is -2.24. The highest BCUT2D eigenvalue weighted by Gasteiger charge is 2.48. The van der Waals surface area contributed by atoms with Crippen LogP contribution in [0.1, 0.15) is 26.2 Å². The van der Waals surface area contributed by atoms with Crippen molar-refractivity contribution in [1.29, 1.82) is 0 Å². The van der Waals surface area contributed by atoms with E-state index in [1.54, 1.807) is 25.3 Å². The third-order valence-corrected chi connectivity index (χ3v) is 3.64. The molecular formula is C16H21NO5. The fourth-order valence-electron chi connectivity index (χ4n) is 2.17. The van der Waals surface area contributed by atoms with Gasteiger partial charge in [0.25, 0.3) is 0 Å². The van der Waals surface area contributed by atoms with Gasteiger partial charge in [0.2, 0.25) is 5.91 Å². The molecule has 2 rings (SSSR count). The lowest BCUT2D eigenvalue weighted by Gasteiger charge is -2.13. The van der Waals surface area contributed by atoms with Crippen molar-refractivity contribution in [2.24, 2.45) is 11.8 Å². The molecule has 120 valence electrons. The smallest absolute Gasteiger partial charge is 0.307 e. The number of methoxy groups -OCH3 is 1. The molecule has 0 bridgehead atoms. The normalized spacial score (nSPS) is 19.4. The lowest BCUT2D eigenvalue weighted by molar-refractivity contribution is -0.139. The highest BCUT2D eigenvalue weighted by atomic mass is 16.5. The number of carboxylic acid groups (broad SMARTS) is 1. The minimum atomic E-state index is -0.926. The van der Waals surface area contributed by atoms with Crippen molar-refractivity contribution in [3.63, 3.8) is 0 Å². The molecule has 0 saturated heterocycles. The molecule has 22 heavy (non-hydrogen) atoms. The molecule has 1 fully saturated rings. The molecule has 2 unspecified atom stereocenters. The quantitative estimate of drug-likeness (QED) is 0.721. The molecule has 0 aliphatic heterocycles. The van der Waals surface area contributed by atoms with E-state index in [-0.39, 0.29) is 5.91 Å². The molecule has 1 saturated carbocycles. The predicted octanol–water partition coefficient (Wildman–Crippen LogP) is 2.53. The Balaban J connectivity index is 2.06. The lowest BCUT2D eigenvalue weighted by atomic mass is 10.2. The van der Waals surface area contributed by atoms with E-state index < -0.39 is 17.8 Å². The average Bonchev–Trinajstić information content (AvgIpc) is 3.29. The van der Waals surface area contributed by atoms with Crippen LogP contribution in [0.25, 0.3) is 0 Å². The van der Waals surface area contributed by atoms with Crippen molar-refractivity contribution < 1.29 is 24.2 Å². The first-order valence-corrected chi connectivity index (χ1v) is 7.41. The van der Waals surface area contributed by atoms with Crippen molar-refractivity contribution in [2.45, 2.75) is 26.2 Å². The Morgan fingerprint density at radius 1 is 1.36 bits per heavy atom. The minimum absolute atomic E-state index is 0.291. The summed E-state index contributed by atoms with van der Waals surface area (Å²) < 4.78 is 10.8. The predicted molar refractivity (Wildman–Crippen MR) is 81.3 cm³/mol. The number of aliphatic carboxylic acids is 1. The highest BCUT2D eigenvalue weighted by molar-refractivity contribution is 5.99. The van der Waals surface area contributed by atoms with Gasteiger partial charge >= 0.3 is 5.97 Å². The van der Waals surface area contributed by atoms with Crippen molar-refractivity contribution >= 4 is 17.6 Å². The van der Waals surface area contributed by atoms with Crippen LogP contribution in [0, 0.1) is 11.8 Å². The maximum Gasteiger partial charge on any atom is 0.307 e. The van der Waals surface area contributed by atoms with Gasteiger partial charge in [-0.05, 0) is 25.0 Å². The van der Waals surface area contributed by atoms with E-state index in [4.69, 9.17) is 14.6 Å². The van der Waals surface area contributed by atoms with Gasteiger partial charge in [0.15, 0.2) is 0 Å². The molecule has 0 spiro atoms. The number of unbranched alkanes of at least 4 members (excludes halogenated alkanes) is 1. The van der Waals surface area contributed by atoms with E-state index in [2.05, 4.69) is 12.2 Å². The second kappa shape index (κ2) is 7.15. The summed E-state index contributed by atoms with van der Waals surface area (Å²) in [4.78, 5) is 22.9. The minimum Gasteiger partial charge on any atom is -0.497 e. The van der Waals surface area contributed by atoms with Crippen molar-refractivity contribution in [1.82, 2.24) is 0 Å². The summed E-state index contributed by atoms with van der Waals surface area (Å²) in [5.41, 5.74) is 0.511. The number of ether oxygens (including phenoxy) is 2. The summed E-state index contributed by atoms with van der Waals surface area (Å²) in [5, 5.41) is 11.6. The topological polar surface area (TPSA) is 84.9 Å². The van der Waals surface area contributed by atoms with Gasteiger partial charge in [-0.2, -0.15) is 0 Å². The first kappa shape index (κ1) is 16.1. The molecule has 6 heteroatoms. The Bertz CT molecular complexity index is 557. The molecular weight excluding hydrogens is 286 g/mol. The summed E-state index contributed by atoms with van der Waals surface area (Å²) in [6.45, 7) is 2.63. The monoisotopic (exact) mass is 307 g/mol. The maximum atomic E-state index is 12.1.